The van der Waals surface area contributed by atoms with E-state index in [9.17, 15) is 4.39 Å². The van der Waals surface area contributed by atoms with E-state index in [1.165, 1.54) is 63.1 Å². The van der Waals surface area contributed by atoms with Crippen molar-refractivity contribution in [1.29, 1.82) is 0 Å². The van der Waals surface area contributed by atoms with Crippen molar-refractivity contribution >= 4 is 11.6 Å². The molecule has 6 rings (SSSR count). The number of piperidine rings is 1. The normalized spacial score (nSPS) is 17.4. The lowest BCUT2D eigenvalue weighted by Crippen LogP contribution is -2.48. The highest BCUT2D eigenvalue weighted by Gasteiger charge is 2.22. The van der Waals surface area contributed by atoms with E-state index in [0.717, 1.165) is 60.8 Å². The zero-order chi connectivity index (χ0) is 27.3. The van der Waals surface area contributed by atoms with Crippen LogP contribution in [0.3, 0.4) is 0 Å². The molecule has 208 valence electrons. The van der Waals surface area contributed by atoms with Gasteiger partial charge in [0.15, 0.2) is 0 Å². The molecule has 0 unspecified atom stereocenters. The molecule has 2 aliphatic rings. The lowest BCUT2D eigenvalue weighted by Gasteiger charge is -2.36. The van der Waals surface area contributed by atoms with Crippen molar-refractivity contribution in [2.45, 2.75) is 25.8 Å². The van der Waals surface area contributed by atoms with E-state index in [1.54, 1.807) is 12.1 Å². The molecule has 0 saturated carbocycles. The summed E-state index contributed by atoms with van der Waals surface area (Å²) in [6.45, 7) is 10.1. The van der Waals surface area contributed by atoms with Crippen molar-refractivity contribution in [1.82, 2.24) is 24.5 Å². The molecule has 40 heavy (non-hydrogen) atoms. The predicted molar refractivity (Wildman–Crippen MR) is 161 cm³/mol. The van der Waals surface area contributed by atoms with Crippen molar-refractivity contribution in [3.05, 3.63) is 95.4 Å². The van der Waals surface area contributed by atoms with Gasteiger partial charge < -0.3 is 4.90 Å². The third-order valence-electron chi connectivity index (χ3n) is 8.27. The summed E-state index contributed by atoms with van der Waals surface area (Å²) in [6.07, 6.45) is 6.11. The Labute approximate surface area is 241 Å². The molecule has 7 heteroatoms. The molecule has 2 saturated heterocycles. The van der Waals surface area contributed by atoms with Gasteiger partial charge in [-0.05, 0) is 73.5 Å². The Morgan fingerprint density at radius 2 is 1.30 bits per heavy atom. The Hall–Kier alpha value is -3.03. The molecule has 0 spiro atoms. The molecule has 0 bridgehead atoms. The topological polar surface area (TPSA) is 27.5 Å². The van der Waals surface area contributed by atoms with E-state index in [0.29, 0.717) is 5.02 Å². The van der Waals surface area contributed by atoms with E-state index in [4.69, 9.17) is 16.7 Å². The second-order valence-corrected chi connectivity index (χ2v) is 11.5. The van der Waals surface area contributed by atoms with E-state index in [2.05, 4.69) is 45.0 Å². The van der Waals surface area contributed by atoms with Crippen molar-refractivity contribution in [2.24, 2.45) is 0 Å². The molecule has 0 N–H and O–H groups in total. The van der Waals surface area contributed by atoms with Gasteiger partial charge in [-0.3, -0.25) is 9.80 Å². The predicted octanol–water partition coefficient (Wildman–Crippen LogP) is 6.60. The Bertz CT molecular complexity index is 1390. The molecule has 0 aliphatic carbocycles. The van der Waals surface area contributed by atoms with Crippen LogP contribution < -0.4 is 0 Å². The highest BCUT2D eigenvalue weighted by atomic mass is 35.5. The molecule has 0 atom stereocenters. The average Bonchev–Trinajstić information content (AvgIpc) is 3.41. The van der Waals surface area contributed by atoms with Gasteiger partial charge in [0.2, 0.25) is 0 Å². The Morgan fingerprint density at radius 1 is 0.675 bits per heavy atom. The molecular formula is C33H37ClFN5. The fourth-order valence-corrected chi connectivity index (χ4v) is 6.14. The molecule has 0 amide bonds. The number of hydrogen-bond donors (Lipinski definition) is 0. The average molecular weight is 558 g/mol. The Kier molecular flexibility index (Phi) is 8.59. The molecular weight excluding hydrogens is 521 g/mol. The lowest BCUT2D eigenvalue weighted by atomic mass is 10.0. The number of halogens is 2. The molecule has 5 nitrogen and oxygen atoms in total. The number of nitrogens with zero attached hydrogens (tertiary/aromatic N) is 5. The Balaban J connectivity index is 1.18. The van der Waals surface area contributed by atoms with Crippen LogP contribution in [-0.4, -0.2) is 76.8 Å². The van der Waals surface area contributed by atoms with Crippen LogP contribution in [0.5, 0.6) is 0 Å². The van der Waals surface area contributed by atoms with E-state index in [1.807, 2.05) is 29.1 Å². The van der Waals surface area contributed by atoms with Crippen LogP contribution in [0.2, 0.25) is 5.02 Å². The van der Waals surface area contributed by atoms with E-state index in [-0.39, 0.29) is 5.82 Å². The largest absolute Gasteiger partial charge is 0.302 e. The first-order chi connectivity index (χ1) is 19.6. The van der Waals surface area contributed by atoms with Gasteiger partial charge in [0.1, 0.15) is 5.82 Å². The van der Waals surface area contributed by atoms with Gasteiger partial charge in [0.25, 0.3) is 0 Å². The van der Waals surface area contributed by atoms with E-state index >= 15 is 0 Å². The maximum absolute atomic E-state index is 13.4. The summed E-state index contributed by atoms with van der Waals surface area (Å²) in [5.41, 5.74) is 6.34. The van der Waals surface area contributed by atoms with Gasteiger partial charge >= 0.3 is 0 Å². The zero-order valence-corrected chi connectivity index (χ0v) is 23.7. The first kappa shape index (κ1) is 27.2. The highest BCUT2D eigenvalue weighted by Crippen LogP contribution is 2.31. The Morgan fingerprint density at radius 3 is 1.98 bits per heavy atom. The van der Waals surface area contributed by atoms with Crippen LogP contribution in [0.1, 0.15) is 24.8 Å². The third-order valence-corrected chi connectivity index (χ3v) is 8.51. The van der Waals surface area contributed by atoms with Gasteiger partial charge in [-0.15, -0.1) is 0 Å². The molecule has 0 radical (unpaired) electrons. The minimum atomic E-state index is -0.227. The summed E-state index contributed by atoms with van der Waals surface area (Å²) < 4.78 is 15.4. The molecule has 3 aromatic carbocycles. The number of likely N-dealkylation sites (tertiary alicyclic amines) is 1. The smallest absolute Gasteiger partial charge is 0.123 e. The van der Waals surface area contributed by atoms with Crippen LogP contribution in [0, 0.1) is 5.82 Å². The zero-order valence-electron chi connectivity index (χ0n) is 23.0. The SMILES string of the molecule is Fc1ccc(-c2ccc(-n3ncc(CN4CCN(CCN5CCCCC5)CC4)c3-c3cccc(Cl)c3)cc2)cc1. The molecule has 2 fully saturated rings. The summed E-state index contributed by atoms with van der Waals surface area (Å²) in [6, 6.07) is 22.9. The van der Waals surface area contributed by atoms with Gasteiger partial charge in [0, 0.05) is 62.0 Å². The first-order valence-electron chi connectivity index (χ1n) is 14.5. The molecule has 4 aromatic rings. The van der Waals surface area contributed by atoms with Crippen LogP contribution in [0.4, 0.5) is 4.39 Å². The molecule has 3 heterocycles. The van der Waals surface area contributed by atoms with Crippen molar-refractivity contribution in [2.75, 3.05) is 52.4 Å². The summed E-state index contributed by atoms with van der Waals surface area (Å²) in [5.74, 6) is -0.227. The second kappa shape index (κ2) is 12.6. The third kappa shape index (κ3) is 6.47. The van der Waals surface area contributed by atoms with Crippen molar-refractivity contribution in [3.8, 4) is 28.1 Å². The number of piperazine rings is 1. The van der Waals surface area contributed by atoms with Crippen LogP contribution >= 0.6 is 11.6 Å². The highest BCUT2D eigenvalue weighted by molar-refractivity contribution is 6.30. The lowest BCUT2D eigenvalue weighted by molar-refractivity contribution is 0.110. The minimum absolute atomic E-state index is 0.227. The fraction of sp³-hybridized carbons (Fsp3) is 0.364. The number of aromatic nitrogens is 2. The number of hydrogen-bond acceptors (Lipinski definition) is 4. The summed E-state index contributed by atoms with van der Waals surface area (Å²) in [5, 5.41) is 5.56. The summed E-state index contributed by atoms with van der Waals surface area (Å²) in [4.78, 5) is 7.80. The van der Waals surface area contributed by atoms with Crippen LogP contribution in [0.25, 0.3) is 28.1 Å². The maximum atomic E-state index is 13.4. The van der Waals surface area contributed by atoms with Gasteiger partial charge in [-0.2, -0.15) is 5.10 Å². The van der Waals surface area contributed by atoms with Crippen molar-refractivity contribution in [3.63, 3.8) is 0 Å². The first-order valence-corrected chi connectivity index (χ1v) is 14.9. The monoisotopic (exact) mass is 557 g/mol. The van der Waals surface area contributed by atoms with Gasteiger partial charge in [0.05, 0.1) is 17.6 Å². The quantitative estimate of drug-likeness (QED) is 0.244. The number of rotatable bonds is 8. The standard InChI is InChI=1S/C33H37ClFN5/c34-30-6-4-5-28(23-30)33-29(25-39-21-19-38(20-22-39)18-17-37-15-2-1-3-16-37)24-36-40(33)32-13-9-27(10-14-32)26-7-11-31(35)12-8-26/h4-14,23-24H,1-3,15-22,25H2. The molecule has 1 aromatic heterocycles. The fourth-order valence-electron chi connectivity index (χ4n) is 5.95. The van der Waals surface area contributed by atoms with Crippen LogP contribution in [-0.2, 0) is 6.54 Å². The minimum Gasteiger partial charge on any atom is -0.302 e. The molecule has 2 aliphatic heterocycles. The van der Waals surface area contributed by atoms with E-state index < -0.39 is 0 Å². The van der Waals surface area contributed by atoms with Gasteiger partial charge in [-0.25, -0.2) is 9.07 Å². The van der Waals surface area contributed by atoms with Crippen molar-refractivity contribution < 1.29 is 4.39 Å². The van der Waals surface area contributed by atoms with Crippen LogP contribution in [0.15, 0.2) is 79.0 Å². The second-order valence-electron chi connectivity index (χ2n) is 11.0. The maximum Gasteiger partial charge on any atom is 0.123 e. The summed E-state index contributed by atoms with van der Waals surface area (Å²) in [7, 11) is 0. The summed E-state index contributed by atoms with van der Waals surface area (Å²) >= 11 is 6.43. The van der Waals surface area contributed by atoms with Gasteiger partial charge in [-0.1, -0.05) is 54.4 Å². The number of benzene rings is 3.